The maximum Gasteiger partial charge on any atom is 0.434 e. The molecule has 3 aromatic heterocycles. The summed E-state index contributed by atoms with van der Waals surface area (Å²) in [6.07, 6.45) is 1.54. The number of benzene rings is 1. The second-order valence-corrected chi connectivity index (χ2v) is 9.88. The molecule has 210 valence electrons. The average molecular weight is 554 g/mol. The Labute approximate surface area is 229 Å². The van der Waals surface area contributed by atoms with Crippen LogP contribution in [0.15, 0.2) is 43.1 Å². The van der Waals surface area contributed by atoms with Gasteiger partial charge in [0, 0.05) is 43.4 Å². The van der Waals surface area contributed by atoms with Crippen LogP contribution in [0.2, 0.25) is 0 Å². The van der Waals surface area contributed by atoms with Gasteiger partial charge in [-0.15, -0.1) is 0 Å². The molecule has 2 N–H and O–H groups in total. The Morgan fingerprint density at radius 3 is 2.40 bits per heavy atom. The van der Waals surface area contributed by atoms with E-state index in [1.54, 1.807) is 19.2 Å². The fourth-order valence-electron chi connectivity index (χ4n) is 4.50. The van der Waals surface area contributed by atoms with E-state index < -0.39 is 11.9 Å². The van der Waals surface area contributed by atoms with Crippen LogP contribution in [0, 0.1) is 0 Å². The Morgan fingerprint density at radius 2 is 1.77 bits per heavy atom. The van der Waals surface area contributed by atoms with Crippen LogP contribution in [0.25, 0.3) is 22.8 Å². The van der Waals surface area contributed by atoms with E-state index in [2.05, 4.69) is 24.9 Å². The molecular formula is C27H30F3N9O. The number of nitrogens with two attached hydrogens (primary N) is 1. The van der Waals surface area contributed by atoms with Crippen molar-refractivity contribution in [3.8, 4) is 28.7 Å². The number of rotatable bonds is 10. The number of imidazole rings is 1. The van der Waals surface area contributed by atoms with E-state index in [4.69, 9.17) is 15.5 Å². The first kappa shape index (κ1) is 27.4. The van der Waals surface area contributed by atoms with Crippen LogP contribution in [0.5, 0.6) is 5.88 Å². The zero-order valence-electron chi connectivity index (χ0n) is 22.4. The third-order valence-corrected chi connectivity index (χ3v) is 6.63. The summed E-state index contributed by atoms with van der Waals surface area (Å²) in [6.45, 7) is 4.88. The van der Waals surface area contributed by atoms with Crippen molar-refractivity contribution in [2.45, 2.75) is 51.4 Å². The topological polar surface area (TPSA) is 121 Å². The Morgan fingerprint density at radius 1 is 1.05 bits per heavy atom. The van der Waals surface area contributed by atoms with Gasteiger partial charge in [0.05, 0.1) is 12.8 Å². The molecule has 0 spiro atoms. The van der Waals surface area contributed by atoms with Gasteiger partial charge >= 0.3 is 6.18 Å². The number of alkyl halides is 3. The SMILES string of the molecule is COc1ncnc(C2CC2)c1-c1ncnc(N(CCN)Cc2ccc(-c3nc(C(F)(F)F)cn3C(C)C)cc2)n1. The lowest BCUT2D eigenvalue weighted by Crippen LogP contribution is -2.30. The van der Waals surface area contributed by atoms with Crippen LogP contribution in [0.4, 0.5) is 19.1 Å². The van der Waals surface area contributed by atoms with Crippen molar-refractivity contribution in [3.63, 3.8) is 0 Å². The maximum atomic E-state index is 13.3. The number of anilines is 1. The molecule has 0 bridgehead atoms. The summed E-state index contributed by atoms with van der Waals surface area (Å²) in [5.74, 6) is 1.84. The number of aromatic nitrogens is 7. The lowest BCUT2D eigenvalue weighted by molar-refractivity contribution is -0.140. The van der Waals surface area contributed by atoms with Crippen LogP contribution in [0.1, 0.15) is 55.6 Å². The molecule has 10 nitrogen and oxygen atoms in total. The number of hydrogen-bond donors (Lipinski definition) is 1. The minimum atomic E-state index is -4.52. The number of halogens is 3. The molecule has 0 aliphatic heterocycles. The fraction of sp³-hybridized carbons (Fsp3) is 0.407. The fourth-order valence-corrected chi connectivity index (χ4v) is 4.50. The van der Waals surface area contributed by atoms with E-state index in [0.717, 1.165) is 30.3 Å². The Balaban J connectivity index is 1.42. The van der Waals surface area contributed by atoms with Gasteiger partial charge in [-0.2, -0.15) is 18.2 Å². The van der Waals surface area contributed by atoms with Crippen molar-refractivity contribution >= 4 is 5.95 Å². The number of hydrogen-bond acceptors (Lipinski definition) is 9. The minimum absolute atomic E-state index is 0.189. The Kier molecular flexibility index (Phi) is 7.66. The van der Waals surface area contributed by atoms with Crippen LogP contribution < -0.4 is 15.4 Å². The maximum absolute atomic E-state index is 13.3. The van der Waals surface area contributed by atoms with Gasteiger partial charge < -0.3 is 19.9 Å². The van der Waals surface area contributed by atoms with Gasteiger partial charge in [0.25, 0.3) is 0 Å². The Bertz CT molecular complexity index is 1470. The van der Waals surface area contributed by atoms with E-state index in [1.807, 2.05) is 30.9 Å². The molecule has 0 unspecified atom stereocenters. The summed E-state index contributed by atoms with van der Waals surface area (Å²) in [5.41, 5.74) is 8.01. The molecule has 3 heterocycles. The zero-order valence-corrected chi connectivity index (χ0v) is 22.4. The summed E-state index contributed by atoms with van der Waals surface area (Å²) < 4.78 is 47.0. The molecule has 1 saturated carbocycles. The second-order valence-electron chi connectivity index (χ2n) is 9.88. The number of methoxy groups -OCH3 is 1. The first-order valence-electron chi connectivity index (χ1n) is 13.0. The van der Waals surface area contributed by atoms with Crippen LogP contribution >= 0.6 is 0 Å². The molecule has 40 heavy (non-hydrogen) atoms. The number of nitrogens with zero attached hydrogens (tertiary/aromatic N) is 8. The molecule has 1 fully saturated rings. The molecule has 1 aliphatic carbocycles. The van der Waals surface area contributed by atoms with Gasteiger partial charge in [-0.3, -0.25) is 0 Å². The molecule has 1 aliphatic rings. The lowest BCUT2D eigenvalue weighted by atomic mass is 10.1. The van der Waals surface area contributed by atoms with Crippen LogP contribution in [-0.2, 0) is 12.7 Å². The van der Waals surface area contributed by atoms with Crippen LogP contribution in [-0.4, -0.2) is 54.7 Å². The lowest BCUT2D eigenvalue weighted by Gasteiger charge is -2.22. The highest BCUT2D eigenvalue weighted by Crippen LogP contribution is 2.44. The first-order chi connectivity index (χ1) is 19.2. The Hall–Kier alpha value is -4.13. The van der Waals surface area contributed by atoms with E-state index in [9.17, 15) is 13.2 Å². The van der Waals surface area contributed by atoms with Crippen molar-refractivity contribution in [1.82, 2.24) is 34.5 Å². The summed E-state index contributed by atoms with van der Waals surface area (Å²) in [7, 11) is 1.55. The third kappa shape index (κ3) is 5.74. The smallest absolute Gasteiger partial charge is 0.434 e. The summed E-state index contributed by atoms with van der Waals surface area (Å²) in [4.78, 5) is 28.0. The molecule has 4 aromatic rings. The third-order valence-electron chi connectivity index (χ3n) is 6.63. The van der Waals surface area contributed by atoms with Gasteiger partial charge in [0.1, 0.15) is 24.0 Å². The van der Waals surface area contributed by atoms with Gasteiger partial charge in [-0.05, 0) is 32.3 Å². The van der Waals surface area contributed by atoms with E-state index >= 15 is 0 Å². The van der Waals surface area contributed by atoms with Gasteiger partial charge in [-0.25, -0.2) is 24.9 Å². The van der Waals surface area contributed by atoms with E-state index in [-0.39, 0.29) is 11.9 Å². The van der Waals surface area contributed by atoms with Crippen molar-refractivity contribution in [2.75, 3.05) is 25.1 Å². The van der Waals surface area contributed by atoms with Crippen molar-refractivity contribution in [1.29, 1.82) is 0 Å². The molecular weight excluding hydrogens is 523 g/mol. The highest BCUT2D eigenvalue weighted by Gasteiger charge is 2.35. The highest BCUT2D eigenvalue weighted by molar-refractivity contribution is 5.66. The standard InChI is InChI=1S/C27H30F3N9O/c1-16(2)39-13-20(27(28,29)30)36-24(39)19-6-4-17(5-7-19)12-38(11-10-31)26-35-15-33-23(37-26)21-22(18-8-9-18)32-14-34-25(21)40-3/h4-7,13-16,18H,8-12,31H2,1-3H3. The van der Waals surface area contributed by atoms with Gasteiger partial charge in [0.15, 0.2) is 11.5 Å². The van der Waals surface area contributed by atoms with Gasteiger partial charge in [0.2, 0.25) is 11.8 Å². The summed E-state index contributed by atoms with van der Waals surface area (Å²) >= 11 is 0. The summed E-state index contributed by atoms with van der Waals surface area (Å²) in [6, 6.07) is 7.05. The molecule has 0 saturated heterocycles. The molecule has 0 radical (unpaired) electrons. The molecule has 13 heteroatoms. The monoisotopic (exact) mass is 553 g/mol. The van der Waals surface area contributed by atoms with E-state index in [0.29, 0.717) is 54.3 Å². The van der Waals surface area contributed by atoms with Crippen molar-refractivity contribution in [3.05, 3.63) is 60.1 Å². The zero-order chi connectivity index (χ0) is 28.4. The first-order valence-corrected chi connectivity index (χ1v) is 13.0. The van der Waals surface area contributed by atoms with Crippen molar-refractivity contribution in [2.24, 2.45) is 5.73 Å². The molecule has 0 amide bonds. The normalized spacial score (nSPS) is 13.6. The highest BCUT2D eigenvalue weighted by atomic mass is 19.4. The summed E-state index contributed by atoms with van der Waals surface area (Å²) in [5, 5.41) is 0. The average Bonchev–Trinajstić information content (AvgIpc) is 3.68. The quantitative estimate of drug-likeness (QED) is 0.299. The van der Waals surface area contributed by atoms with Gasteiger partial charge in [-0.1, -0.05) is 24.3 Å². The minimum Gasteiger partial charge on any atom is -0.480 e. The molecule has 0 atom stereocenters. The molecule has 1 aromatic carbocycles. The second kappa shape index (κ2) is 11.2. The van der Waals surface area contributed by atoms with Crippen molar-refractivity contribution < 1.29 is 17.9 Å². The van der Waals surface area contributed by atoms with E-state index in [1.165, 1.54) is 17.2 Å². The number of ether oxygens (including phenoxy) is 1. The largest absolute Gasteiger partial charge is 0.480 e. The molecule has 5 rings (SSSR count). The predicted molar refractivity (Wildman–Crippen MR) is 143 cm³/mol. The predicted octanol–water partition coefficient (Wildman–Crippen LogP) is 4.64. The van der Waals surface area contributed by atoms with Crippen LogP contribution in [0.3, 0.4) is 0 Å².